The number of nitrogens with zero attached hydrogens (tertiary/aromatic N) is 2. The molecule has 0 saturated heterocycles. The molecule has 2 rings (SSSR count). The van der Waals surface area contributed by atoms with Gasteiger partial charge in [0.05, 0.1) is 11.7 Å². The van der Waals surface area contributed by atoms with E-state index < -0.39 is 0 Å². The maximum atomic E-state index is 12.1. The summed E-state index contributed by atoms with van der Waals surface area (Å²) >= 11 is 5.90. The minimum absolute atomic E-state index is 0.0244. The largest absolute Gasteiger partial charge is 0.326 e. The molecule has 0 aliphatic heterocycles. The lowest BCUT2D eigenvalue weighted by Gasteiger charge is -2.13. The number of anilines is 1. The highest BCUT2D eigenvalue weighted by Gasteiger charge is 2.12. The highest BCUT2D eigenvalue weighted by atomic mass is 35.5. The third-order valence-electron chi connectivity index (χ3n) is 3.14. The van der Waals surface area contributed by atoms with Crippen LogP contribution in [0.2, 0.25) is 5.02 Å². The van der Waals surface area contributed by atoms with Gasteiger partial charge in [0, 0.05) is 23.3 Å². The zero-order chi connectivity index (χ0) is 14.7. The Morgan fingerprint density at radius 3 is 2.75 bits per heavy atom. The van der Waals surface area contributed by atoms with Crippen LogP contribution in [0.3, 0.4) is 0 Å². The quantitative estimate of drug-likeness (QED) is 0.933. The Bertz CT molecular complexity index is 621. The minimum Gasteiger partial charge on any atom is -0.326 e. The number of benzene rings is 1. The van der Waals surface area contributed by atoms with Crippen LogP contribution in [-0.4, -0.2) is 15.7 Å². The topological polar surface area (TPSA) is 46.9 Å². The molecule has 0 spiro atoms. The van der Waals surface area contributed by atoms with E-state index in [2.05, 4.69) is 10.4 Å². The zero-order valence-electron chi connectivity index (χ0n) is 11.9. The fourth-order valence-corrected chi connectivity index (χ4v) is 2.24. The number of carbonyl (C=O) groups excluding carboxylic acids is 1. The molecule has 106 valence electrons. The molecular formula is C15H18ClN3O. The lowest BCUT2D eigenvalue weighted by Crippen LogP contribution is -2.18. The minimum atomic E-state index is -0.0314. The number of amides is 1. The van der Waals surface area contributed by atoms with Gasteiger partial charge >= 0.3 is 0 Å². The van der Waals surface area contributed by atoms with Gasteiger partial charge in [-0.3, -0.25) is 9.48 Å². The first-order valence-electron chi connectivity index (χ1n) is 6.53. The van der Waals surface area contributed by atoms with Gasteiger partial charge in [0.2, 0.25) is 5.91 Å². The third-order valence-corrected chi connectivity index (χ3v) is 3.37. The van der Waals surface area contributed by atoms with Crippen LogP contribution in [0, 0.1) is 13.8 Å². The van der Waals surface area contributed by atoms with Crippen molar-refractivity contribution in [3.05, 3.63) is 46.7 Å². The summed E-state index contributed by atoms with van der Waals surface area (Å²) < 4.78 is 1.81. The number of aryl methyl sites for hydroxylation is 2. The Kier molecular flexibility index (Phi) is 4.45. The number of hydrogen-bond donors (Lipinski definition) is 1. The molecule has 1 aromatic heterocycles. The van der Waals surface area contributed by atoms with Gasteiger partial charge in [0.1, 0.15) is 0 Å². The van der Waals surface area contributed by atoms with Crippen LogP contribution >= 0.6 is 11.6 Å². The summed E-state index contributed by atoms with van der Waals surface area (Å²) in [6, 6.07) is 7.37. The maximum Gasteiger partial charge on any atom is 0.226 e. The van der Waals surface area contributed by atoms with E-state index in [1.807, 2.05) is 49.8 Å². The molecule has 1 atom stereocenters. The van der Waals surface area contributed by atoms with Gasteiger partial charge in [-0.15, -0.1) is 0 Å². The van der Waals surface area contributed by atoms with Crippen molar-refractivity contribution in [3.63, 3.8) is 0 Å². The third kappa shape index (κ3) is 3.61. The Balaban J connectivity index is 1.98. The highest BCUT2D eigenvalue weighted by molar-refractivity contribution is 6.30. The van der Waals surface area contributed by atoms with E-state index in [4.69, 9.17) is 11.6 Å². The van der Waals surface area contributed by atoms with Gasteiger partial charge in [-0.1, -0.05) is 11.6 Å². The highest BCUT2D eigenvalue weighted by Crippen LogP contribution is 2.20. The van der Waals surface area contributed by atoms with E-state index in [-0.39, 0.29) is 11.9 Å². The second-order valence-electron chi connectivity index (χ2n) is 5.00. The lowest BCUT2D eigenvalue weighted by molar-refractivity contribution is -0.116. The average molecular weight is 292 g/mol. The number of rotatable bonds is 4. The molecule has 0 unspecified atom stereocenters. The monoisotopic (exact) mass is 291 g/mol. The maximum absolute atomic E-state index is 12.1. The van der Waals surface area contributed by atoms with E-state index in [9.17, 15) is 4.79 Å². The molecule has 0 bridgehead atoms. The smallest absolute Gasteiger partial charge is 0.226 e. The molecule has 5 heteroatoms. The fourth-order valence-electron chi connectivity index (χ4n) is 2.01. The number of aromatic nitrogens is 2. The molecule has 0 radical (unpaired) electrons. The van der Waals surface area contributed by atoms with Crippen LogP contribution in [0.5, 0.6) is 0 Å². The molecule has 2 aromatic rings. The first kappa shape index (κ1) is 14.6. The van der Waals surface area contributed by atoms with Crippen molar-refractivity contribution in [3.8, 4) is 0 Å². The first-order chi connectivity index (χ1) is 9.45. The van der Waals surface area contributed by atoms with E-state index in [1.165, 1.54) is 0 Å². The summed E-state index contributed by atoms with van der Waals surface area (Å²) in [6.45, 7) is 5.82. The number of nitrogens with one attached hydrogen (secondary N) is 1. The number of carbonyl (C=O) groups is 1. The summed E-state index contributed by atoms with van der Waals surface area (Å²) in [4.78, 5) is 12.1. The summed E-state index contributed by atoms with van der Waals surface area (Å²) in [5, 5.41) is 7.89. The van der Waals surface area contributed by atoms with E-state index in [0.717, 1.165) is 16.9 Å². The summed E-state index contributed by atoms with van der Waals surface area (Å²) in [6.07, 6.45) is 2.27. The predicted octanol–water partition coefficient (Wildman–Crippen LogP) is 3.74. The standard InChI is InChI=1S/C15H18ClN3O/c1-10-8-13(16)4-5-14(10)17-15(20)9-12(3)19-7-6-11(2)18-19/h4-8,12H,9H2,1-3H3,(H,17,20)/t12-/m1/s1. The summed E-state index contributed by atoms with van der Waals surface area (Å²) in [5.41, 5.74) is 2.70. The molecule has 0 aliphatic rings. The molecule has 1 heterocycles. The average Bonchev–Trinajstić information content (AvgIpc) is 2.79. The fraction of sp³-hybridized carbons (Fsp3) is 0.333. The number of hydrogen-bond acceptors (Lipinski definition) is 2. The molecule has 4 nitrogen and oxygen atoms in total. The van der Waals surface area contributed by atoms with E-state index in [0.29, 0.717) is 11.4 Å². The molecule has 1 N–H and O–H groups in total. The predicted molar refractivity (Wildman–Crippen MR) is 81.1 cm³/mol. The summed E-state index contributed by atoms with van der Waals surface area (Å²) in [5.74, 6) is -0.0314. The Hall–Kier alpha value is -1.81. The molecule has 0 fully saturated rings. The van der Waals surface area contributed by atoms with Crippen molar-refractivity contribution in [1.29, 1.82) is 0 Å². The molecule has 0 aliphatic carbocycles. The number of halogens is 1. The Morgan fingerprint density at radius 1 is 1.40 bits per heavy atom. The van der Waals surface area contributed by atoms with Crippen LogP contribution in [-0.2, 0) is 4.79 Å². The van der Waals surface area contributed by atoms with Crippen molar-refractivity contribution in [2.75, 3.05) is 5.32 Å². The molecule has 0 saturated carbocycles. The molecular weight excluding hydrogens is 274 g/mol. The van der Waals surface area contributed by atoms with Gasteiger partial charge in [0.25, 0.3) is 0 Å². The molecule has 20 heavy (non-hydrogen) atoms. The molecule has 1 amide bonds. The van der Waals surface area contributed by atoms with Gasteiger partial charge in [-0.05, 0) is 50.6 Å². The molecule has 1 aromatic carbocycles. The van der Waals surface area contributed by atoms with Gasteiger partial charge in [-0.2, -0.15) is 5.10 Å². The van der Waals surface area contributed by atoms with Gasteiger partial charge < -0.3 is 5.32 Å². The van der Waals surface area contributed by atoms with Crippen molar-refractivity contribution < 1.29 is 4.79 Å². The SMILES string of the molecule is Cc1ccn([C@H](C)CC(=O)Nc2ccc(Cl)cc2C)n1. The van der Waals surface area contributed by atoms with E-state index in [1.54, 1.807) is 6.07 Å². The van der Waals surface area contributed by atoms with Gasteiger partial charge in [0.15, 0.2) is 0 Å². The zero-order valence-corrected chi connectivity index (χ0v) is 12.6. The van der Waals surface area contributed by atoms with Crippen LogP contribution in [0.15, 0.2) is 30.5 Å². The normalized spacial score (nSPS) is 12.2. The summed E-state index contributed by atoms with van der Waals surface area (Å²) in [7, 11) is 0. The Morgan fingerprint density at radius 2 is 2.15 bits per heavy atom. The lowest BCUT2D eigenvalue weighted by atomic mass is 10.2. The van der Waals surface area contributed by atoms with Crippen LogP contribution in [0.1, 0.15) is 30.6 Å². The van der Waals surface area contributed by atoms with Crippen molar-refractivity contribution >= 4 is 23.2 Å². The second kappa shape index (κ2) is 6.09. The van der Waals surface area contributed by atoms with Crippen molar-refractivity contribution in [2.45, 2.75) is 33.2 Å². The van der Waals surface area contributed by atoms with Crippen LogP contribution in [0.25, 0.3) is 0 Å². The van der Waals surface area contributed by atoms with Crippen molar-refractivity contribution in [1.82, 2.24) is 9.78 Å². The van der Waals surface area contributed by atoms with Crippen LogP contribution < -0.4 is 5.32 Å². The Labute approximate surface area is 123 Å². The van der Waals surface area contributed by atoms with Gasteiger partial charge in [-0.25, -0.2) is 0 Å². The first-order valence-corrected chi connectivity index (χ1v) is 6.91. The van der Waals surface area contributed by atoms with Crippen LogP contribution in [0.4, 0.5) is 5.69 Å². The van der Waals surface area contributed by atoms with E-state index >= 15 is 0 Å². The van der Waals surface area contributed by atoms with Crippen molar-refractivity contribution in [2.24, 2.45) is 0 Å². The second-order valence-corrected chi connectivity index (χ2v) is 5.43.